The van der Waals surface area contributed by atoms with Gasteiger partial charge in [-0.25, -0.2) is 14.8 Å². The van der Waals surface area contributed by atoms with Gasteiger partial charge in [0.1, 0.15) is 6.33 Å². The van der Waals surface area contributed by atoms with Gasteiger partial charge < -0.3 is 0 Å². The summed E-state index contributed by atoms with van der Waals surface area (Å²) in [5.41, 5.74) is 0.851. The van der Waals surface area contributed by atoms with Crippen molar-refractivity contribution in [3.8, 4) is 0 Å². The molecule has 0 spiro atoms. The maximum Gasteiger partial charge on any atom is 0.350 e. The zero-order chi connectivity index (χ0) is 13.7. The average Bonchev–Trinajstić information content (AvgIpc) is 3.09. The Morgan fingerprint density at radius 2 is 2.32 bits per heavy atom. The Morgan fingerprint density at radius 1 is 1.47 bits per heavy atom. The summed E-state index contributed by atoms with van der Waals surface area (Å²) in [5.74, 6) is 0. The van der Waals surface area contributed by atoms with Gasteiger partial charge in [0.15, 0.2) is 0 Å². The van der Waals surface area contributed by atoms with Crippen LogP contribution in [0.2, 0.25) is 0 Å². The third kappa shape index (κ3) is 2.88. The first-order valence-electron chi connectivity index (χ1n) is 6.06. The molecule has 1 aliphatic heterocycles. The summed E-state index contributed by atoms with van der Waals surface area (Å²) in [5, 5.41) is 5.55. The van der Waals surface area contributed by atoms with Crippen LogP contribution in [0.15, 0.2) is 60.3 Å². The molecule has 1 atom stereocenters. The van der Waals surface area contributed by atoms with Gasteiger partial charge in [-0.2, -0.15) is 5.10 Å². The lowest BCUT2D eigenvalue weighted by Gasteiger charge is -2.22. The molecule has 1 aliphatic rings. The van der Waals surface area contributed by atoms with Crippen LogP contribution < -0.4 is 0 Å². The van der Waals surface area contributed by atoms with E-state index < -0.39 is 0 Å². The number of hydrogen-bond acceptors (Lipinski definition) is 3. The fourth-order valence-corrected chi connectivity index (χ4v) is 1.80. The molecule has 0 unspecified atom stereocenters. The van der Waals surface area contributed by atoms with Crippen LogP contribution in [0.4, 0.5) is 4.79 Å². The minimum atomic E-state index is -0.225. The molecule has 19 heavy (non-hydrogen) atoms. The number of allylic oxidation sites excluding steroid dienone is 3. The SMILES string of the molecule is C=C(/C=C\C=C/C)[C@@H]1CC=NN1C(=O)n1ccnc1. The maximum atomic E-state index is 12.2. The lowest BCUT2D eigenvalue weighted by molar-refractivity contribution is 0.195. The molecule has 0 N–H and O–H groups in total. The molecular formula is C14H16N4O. The topological polar surface area (TPSA) is 50.5 Å². The predicted molar refractivity (Wildman–Crippen MR) is 74.9 cm³/mol. The zero-order valence-electron chi connectivity index (χ0n) is 10.8. The van der Waals surface area contributed by atoms with Crippen molar-refractivity contribution in [3.05, 3.63) is 55.2 Å². The largest absolute Gasteiger partial charge is 0.350 e. The van der Waals surface area contributed by atoms with Crippen molar-refractivity contribution in [1.29, 1.82) is 0 Å². The van der Waals surface area contributed by atoms with Crippen molar-refractivity contribution in [2.24, 2.45) is 5.10 Å². The summed E-state index contributed by atoms with van der Waals surface area (Å²) in [6.45, 7) is 5.95. The van der Waals surface area contributed by atoms with E-state index in [4.69, 9.17) is 0 Å². The summed E-state index contributed by atoms with van der Waals surface area (Å²) in [7, 11) is 0. The molecule has 1 aromatic rings. The number of amides is 1. The van der Waals surface area contributed by atoms with Crippen LogP contribution in [-0.2, 0) is 0 Å². The highest BCUT2D eigenvalue weighted by Gasteiger charge is 2.28. The van der Waals surface area contributed by atoms with E-state index >= 15 is 0 Å². The molecule has 0 aromatic carbocycles. The van der Waals surface area contributed by atoms with Crippen molar-refractivity contribution in [2.45, 2.75) is 19.4 Å². The van der Waals surface area contributed by atoms with E-state index in [1.54, 1.807) is 18.6 Å². The molecule has 98 valence electrons. The molecule has 2 heterocycles. The molecule has 0 aliphatic carbocycles. The Kier molecular flexibility index (Phi) is 4.07. The second-order valence-electron chi connectivity index (χ2n) is 4.11. The fourth-order valence-electron chi connectivity index (χ4n) is 1.80. The highest BCUT2D eigenvalue weighted by atomic mass is 16.2. The molecule has 1 aromatic heterocycles. The van der Waals surface area contributed by atoms with E-state index in [1.165, 1.54) is 15.9 Å². The van der Waals surface area contributed by atoms with E-state index in [0.717, 1.165) is 5.57 Å². The van der Waals surface area contributed by atoms with Crippen LogP contribution in [0.1, 0.15) is 13.3 Å². The number of imidazole rings is 1. The van der Waals surface area contributed by atoms with Crippen molar-refractivity contribution >= 4 is 12.2 Å². The van der Waals surface area contributed by atoms with Gasteiger partial charge in [0, 0.05) is 25.0 Å². The third-order valence-corrected chi connectivity index (χ3v) is 2.79. The van der Waals surface area contributed by atoms with E-state index in [1.807, 2.05) is 31.2 Å². The Morgan fingerprint density at radius 3 is 3.00 bits per heavy atom. The van der Waals surface area contributed by atoms with Crippen LogP contribution >= 0.6 is 0 Å². The summed E-state index contributed by atoms with van der Waals surface area (Å²) >= 11 is 0. The minimum absolute atomic E-state index is 0.128. The van der Waals surface area contributed by atoms with Crippen molar-refractivity contribution in [3.63, 3.8) is 0 Å². The van der Waals surface area contributed by atoms with Crippen LogP contribution in [-0.4, -0.2) is 32.8 Å². The number of aromatic nitrogens is 2. The monoisotopic (exact) mass is 256 g/mol. The van der Waals surface area contributed by atoms with Crippen molar-refractivity contribution < 1.29 is 4.79 Å². The lowest BCUT2D eigenvalue weighted by atomic mass is 10.1. The zero-order valence-corrected chi connectivity index (χ0v) is 10.8. The second kappa shape index (κ2) is 5.95. The van der Waals surface area contributed by atoms with E-state index in [2.05, 4.69) is 16.7 Å². The highest BCUT2D eigenvalue weighted by molar-refractivity contribution is 5.80. The van der Waals surface area contributed by atoms with E-state index in [-0.39, 0.29) is 12.1 Å². The Bertz CT molecular complexity index is 540. The molecule has 0 saturated carbocycles. The first kappa shape index (κ1) is 13.0. The highest BCUT2D eigenvalue weighted by Crippen LogP contribution is 2.20. The van der Waals surface area contributed by atoms with Gasteiger partial charge in [-0.3, -0.25) is 4.57 Å². The van der Waals surface area contributed by atoms with Gasteiger partial charge in [0.25, 0.3) is 0 Å². The number of hydrazone groups is 1. The molecule has 0 saturated heterocycles. The molecule has 0 fully saturated rings. The van der Waals surface area contributed by atoms with Crippen molar-refractivity contribution in [1.82, 2.24) is 14.6 Å². The Labute approximate surface area is 112 Å². The smallest absolute Gasteiger partial charge is 0.257 e. The summed E-state index contributed by atoms with van der Waals surface area (Å²) in [6.07, 6.45) is 14.7. The van der Waals surface area contributed by atoms with E-state index in [9.17, 15) is 4.79 Å². The molecule has 2 rings (SSSR count). The first-order chi connectivity index (χ1) is 9.24. The molecule has 5 heteroatoms. The average molecular weight is 256 g/mol. The van der Waals surface area contributed by atoms with Gasteiger partial charge in [-0.15, -0.1) is 0 Å². The number of nitrogens with zero attached hydrogens (tertiary/aromatic N) is 4. The number of hydrogen-bond donors (Lipinski definition) is 0. The molecule has 5 nitrogen and oxygen atoms in total. The van der Waals surface area contributed by atoms with Crippen LogP contribution in [0.25, 0.3) is 0 Å². The number of rotatable bonds is 3. The minimum Gasteiger partial charge on any atom is -0.257 e. The normalized spacial score (nSPS) is 18.8. The Hall–Kier alpha value is -2.43. The quantitative estimate of drug-likeness (QED) is 0.780. The number of carbonyl (C=O) groups excluding carboxylic acids is 1. The van der Waals surface area contributed by atoms with Crippen LogP contribution in [0, 0.1) is 0 Å². The van der Waals surface area contributed by atoms with Crippen LogP contribution in [0.5, 0.6) is 0 Å². The first-order valence-corrected chi connectivity index (χ1v) is 6.06. The van der Waals surface area contributed by atoms with Gasteiger partial charge in [-0.1, -0.05) is 30.9 Å². The second-order valence-corrected chi connectivity index (χ2v) is 4.11. The van der Waals surface area contributed by atoms with Gasteiger partial charge >= 0.3 is 6.03 Å². The maximum absolute atomic E-state index is 12.2. The summed E-state index contributed by atoms with van der Waals surface area (Å²) in [4.78, 5) is 16.1. The number of carbonyl (C=O) groups is 1. The third-order valence-electron chi connectivity index (χ3n) is 2.79. The molecular weight excluding hydrogens is 240 g/mol. The molecule has 0 bridgehead atoms. The van der Waals surface area contributed by atoms with Gasteiger partial charge in [0.05, 0.1) is 6.04 Å². The standard InChI is InChI=1S/C14H16N4O/c1-3-4-5-6-12(2)13-7-8-16-18(13)14(19)17-10-9-15-11-17/h3-6,8-11,13H,2,7H2,1H3/b4-3-,6-5-/t13-/m0/s1. The van der Waals surface area contributed by atoms with Crippen molar-refractivity contribution in [2.75, 3.05) is 0 Å². The lowest BCUT2D eigenvalue weighted by Crippen LogP contribution is -2.36. The van der Waals surface area contributed by atoms with Crippen LogP contribution in [0.3, 0.4) is 0 Å². The molecule has 1 amide bonds. The van der Waals surface area contributed by atoms with Gasteiger partial charge in [-0.05, 0) is 12.5 Å². The Balaban J connectivity index is 2.10. The summed E-state index contributed by atoms with van der Waals surface area (Å²) < 4.78 is 1.40. The summed E-state index contributed by atoms with van der Waals surface area (Å²) in [6, 6.07) is -0.353. The van der Waals surface area contributed by atoms with E-state index in [0.29, 0.717) is 6.42 Å². The molecule has 0 radical (unpaired) electrons. The fraction of sp³-hybridized carbons (Fsp3) is 0.214. The predicted octanol–water partition coefficient (Wildman–Crippen LogP) is 2.60. The van der Waals surface area contributed by atoms with Gasteiger partial charge in [0.2, 0.25) is 0 Å².